The molecule has 328 valence electrons. The van der Waals surface area contributed by atoms with E-state index in [1.165, 1.54) is 28.2 Å². The van der Waals surface area contributed by atoms with Crippen molar-refractivity contribution >= 4 is 41.7 Å². The van der Waals surface area contributed by atoms with Crippen LogP contribution < -0.4 is 9.64 Å². The first-order valence-corrected chi connectivity index (χ1v) is 22.0. The molecule has 7 nitrogen and oxygen atoms in total. The molecular formula is C54H58BF2N4O3+. The molecule has 0 unspecified atom stereocenters. The molecule has 0 fully saturated rings. The van der Waals surface area contributed by atoms with Crippen molar-refractivity contribution in [2.45, 2.75) is 91.9 Å². The molecule has 0 spiro atoms. The number of hydrogen-bond acceptors (Lipinski definition) is 4. The predicted molar refractivity (Wildman–Crippen MR) is 259 cm³/mol. The van der Waals surface area contributed by atoms with Crippen LogP contribution in [0.4, 0.5) is 20.0 Å². The molecule has 4 aromatic rings. The number of para-hydroxylation sites is 1. The van der Waals surface area contributed by atoms with Gasteiger partial charge in [-0.05, 0) is 126 Å². The lowest BCUT2D eigenvalue weighted by atomic mass is 9.81. The number of methoxy groups -OCH3 is 1. The lowest BCUT2D eigenvalue weighted by Crippen LogP contribution is -2.27. The fraction of sp³-hybridized carbons (Fsp3) is 0.315. The highest BCUT2D eigenvalue weighted by atomic mass is 19.2. The van der Waals surface area contributed by atoms with E-state index in [9.17, 15) is 13.4 Å². The molecule has 3 aliphatic heterocycles. The van der Waals surface area contributed by atoms with Crippen LogP contribution in [0.1, 0.15) is 112 Å². The molecular weight excluding hydrogens is 801 g/mol. The molecule has 0 aliphatic carbocycles. The summed E-state index contributed by atoms with van der Waals surface area (Å²) in [6.45, 7) is 17.2. The number of aromatic nitrogens is 1. The van der Waals surface area contributed by atoms with E-state index in [2.05, 4.69) is 123 Å². The molecule has 0 amide bonds. The lowest BCUT2D eigenvalue weighted by molar-refractivity contribution is -0.401. The summed E-state index contributed by atoms with van der Waals surface area (Å²) in [5.74, 6) is 6.49. The number of carboxylic acids is 1. The molecule has 10 heteroatoms. The zero-order chi connectivity index (χ0) is 46.1. The SMILES string of the molecule is COc1cc(C#Cc2ccc3c(c2)C(C)(C)C(C=CC=CC=C2N(CCCCCC(=O)O)c4ccccc4C2(C)C)=[N+]3C)ccc1/C(=C1\N=C(C)C=C1C)c1c(C)cc(C)n1B(F)F. The predicted octanol–water partition coefficient (Wildman–Crippen LogP) is 11.9. The Balaban J connectivity index is 1.11. The topological polar surface area (TPSA) is 70.1 Å². The Morgan fingerprint density at radius 3 is 2.30 bits per heavy atom. The Kier molecular flexibility index (Phi) is 13.0. The van der Waals surface area contributed by atoms with Crippen LogP contribution in [0.5, 0.6) is 5.75 Å². The standard InChI is InChI=1S/C54H57BF2N4O3/c1-35-31-37(3)58-51(35)50(52-36(2)32-38(4)61(52)55(56)57)41-28-26-40(34-46(41)64-10)25-24-39-27-29-44-43(33-39)54(7,8)47(59(44)9)21-13-11-14-22-48-53(5,6)42-19-16-17-20-45(42)60(48)30-18-12-15-23-49(62)63/h11,13-14,16-17,19-22,26-29,31-34H,12,15,18,23,30H2,1-10H3/p+1/b51-50+. The third-order valence-corrected chi connectivity index (χ3v) is 12.8. The fourth-order valence-corrected chi connectivity index (χ4v) is 9.68. The van der Waals surface area contributed by atoms with Crippen molar-refractivity contribution in [3.05, 3.63) is 165 Å². The largest absolute Gasteiger partial charge is 0.677 e. The molecule has 4 heterocycles. The van der Waals surface area contributed by atoms with E-state index in [4.69, 9.17) is 14.8 Å². The number of ether oxygens (including phenoxy) is 1. The molecule has 0 radical (unpaired) electrons. The quantitative estimate of drug-likeness (QED) is 0.0478. The van der Waals surface area contributed by atoms with Gasteiger partial charge >= 0.3 is 13.4 Å². The Labute approximate surface area is 377 Å². The highest BCUT2D eigenvalue weighted by molar-refractivity contribution is 6.41. The summed E-state index contributed by atoms with van der Waals surface area (Å²) < 4.78 is 38.5. The molecule has 0 atom stereocenters. The van der Waals surface area contributed by atoms with Crippen molar-refractivity contribution in [3.8, 4) is 17.6 Å². The molecule has 0 saturated carbocycles. The number of rotatable bonds is 13. The molecule has 1 aromatic heterocycles. The highest BCUT2D eigenvalue weighted by Gasteiger charge is 2.43. The number of carbonyl (C=O) groups is 1. The van der Waals surface area contributed by atoms with Gasteiger partial charge in [-0.2, -0.15) is 4.58 Å². The Hall–Kier alpha value is -6.47. The van der Waals surface area contributed by atoms with Crippen LogP contribution in [0.3, 0.4) is 0 Å². The molecule has 7 rings (SSSR count). The van der Waals surface area contributed by atoms with Crippen molar-refractivity contribution in [1.29, 1.82) is 0 Å². The number of carboxylic acid groups (broad SMARTS) is 1. The van der Waals surface area contributed by atoms with Gasteiger partial charge in [-0.15, -0.1) is 0 Å². The zero-order valence-electron chi connectivity index (χ0n) is 38.7. The maximum Gasteiger partial charge on any atom is 0.677 e. The van der Waals surface area contributed by atoms with Crippen LogP contribution in [-0.4, -0.2) is 59.7 Å². The summed E-state index contributed by atoms with van der Waals surface area (Å²) in [6, 6.07) is 22.4. The molecule has 1 N–H and O–H groups in total. The van der Waals surface area contributed by atoms with Gasteiger partial charge < -0.3 is 19.2 Å². The first-order valence-electron chi connectivity index (χ1n) is 22.0. The summed E-state index contributed by atoms with van der Waals surface area (Å²) in [7, 11) is 0.962. The Bertz CT molecular complexity index is 2820. The summed E-state index contributed by atoms with van der Waals surface area (Å²) in [5, 5.41) is 9.08. The Morgan fingerprint density at radius 1 is 0.891 bits per heavy atom. The number of benzene rings is 3. The van der Waals surface area contributed by atoms with E-state index in [1.54, 1.807) is 20.1 Å². The van der Waals surface area contributed by atoms with Crippen molar-refractivity contribution in [3.63, 3.8) is 0 Å². The van der Waals surface area contributed by atoms with Crippen molar-refractivity contribution in [1.82, 2.24) is 4.48 Å². The minimum Gasteiger partial charge on any atom is -0.496 e. The van der Waals surface area contributed by atoms with Crippen LogP contribution in [0.2, 0.25) is 0 Å². The number of halogens is 2. The molecule has 3 aromatic carbocycles. The van der Waals surface area contributed by atoms with Crippen LogP contribution in [0.25, 0.3) is 5.57 Å². The number of nitrogens with zero attached hydrogens (tertiary/aromatic N) is 4. The third-order valence-electron chi connectivity index (χ3n) is 12.8. The van der Waals surface area contributed by atoms with Gasteiger partial charge in [0.15, 0.2) is 5.71 Å². The number of unbranched alkanes of at least 4 members (excludes halogenated alkanes) is 2. The van der Waals surface area contributed by atoms with Gasteiger partial charge in [-0.1, -0.05) is 68.5 Å². The van der Waals surface area contributed by atoms with Gasteiger partial charge in [0.2, 0.25) is 5.69 Å². The van der Waals surface area contributed by atoms with Crippen molar-refractivity contribution in [2.24, 2.45) is 4.99 Å². The van der Waals surface area contributed by atoms with Gasteiger partial charge in [0.05, 0.1) is 18.2 Å². The van der Waals surface area contributed by atoms with E-state index in [-0.39, 0.29) is 17.3 Å². The number of allylic oxidation sites excluding steroid dienone is 8. The number of hydrogen-bond donors (Lipinski definition) is 1. The average Bonchev–Trinajstić information content (AvgIpc) is 3.87. The van der Waals surface area contributed by atoms with E-state index >= 15 is 0 Å². The maximum absolute atomic E-state index is 14.6. The Morgan fingerprint density at radius 2 is 1.61 bits per heavy atom. The zero-order valence-corrected chi connectivity index (χ0v) is 38.7. The normalized spacial score (nSPS) is 17.5. The monoisotopic (exact) mass is 859 g/mol. The average molecular weight is 860 g/mol. The summed E-state index contributed by atoms with van der Waals surface area (Å²) >= 11 is 0. The minimum atomic E-state index is -2.73. The molecule has 3 aliphatic rings. The summed E-state index contributed by atoms with van der Waals surface area (Å²) in [5.41, 5.74) is 13.6. The number of aryl methyl sites for hydroxylation is 2. The first-order chi connectivity index (χ1) is 30.4. The van der Waals surface area contributed by atoms with E-state index in [0.29, 0.717) is 40.4 Å². The van der Waals surface area contributed by atoms with Crippen LogP contribution >= 0.6 is 0 Å². The van der Waals surface area contributed by atoms with E-state index < -0.39 is 13.4 Å². The van der Waals surface area contributed by atoms with E-state index in [0.717, 1.165) is 57.5 Å². The van der Waals surface area contributed by atoms with Gasteiger partial charge in [-0.25, -0.2) is 0 Å². The number of fused-ring (bicyclic) bond motifs is 2. The van der Waals surface area contributed by atoms with Gasteiger partial charge in [0.25, 0.3) is 0 Å². The molecule has 0 saturated heterocycles. The van der Waals surface area contributed by atoms with Gasteiger partial charge in [-0.3, -0.25) is 18.4 Å². The number of anilines is 1. The fourth-order valence-electron chi connectivity index (χ4n) is 9.68. The lowest BCUT2D eigenvalue weighted by Gasteiger charge is -2.27. The summed E-state index contributed by atoms with van der Waals surface area (Å²) in [4.78, 5) is 18.2. The second-order valence-electron chi connectivity index (χ2n) is 18.0. The van der Waals surface area contributed by atoms with Gasteiger partial charge in [0.1, 0.15) is 12.8 Å². The second-order valence-corrected chi connectivity index (χ2v) is 18.0. The highest BCUT2D eigenvalue weighted by Crippen LogP contribution is 2.48. The second kappa shape index (κ2) is 18.3. The van der Waals surface area contributed by atoms with Gasteiger partial charge in [0, 0.05) is 86.8 Å². The van der Waals surface area contributed by atoms with Crippen LogP contribution in [-0.2, 0) is 15.6 Å². The maximum atomic E-state index is 14.6. The van der Waals surface area contributed by atoms with Crippen LogP contribution in [0, 0.1) is 25.7 Å². The number of aliphatic imine (C=N–C) groups is 1. The van der Waals surface area contributed by atoms with Crippen LogP contribution in [0.15, 0.2) is 125 Å². The van der Waals surface area contributed by atoms with E-state index in [1.807, 2.05) is 51.1 Å². The van der Waals surface area contributed by atoms with Crippen molar-refractivity contribution in [2.75, 3.05) is 25.6 Å². The number of aliphatic carboxylic acids is 1. The first kappa shape index (κ1) is 45.6. The smallest absolute Gasteiger partial charge is 0.496 e. The minimum absolute atomic E-state index is 0.168. The molecule has 64 heavy (non-hydrogen) atoms. The molecule has 0 bridgehead atoms. The third kappa shape index (κ3) is 8.73. The summed E-state index contributed by atoms with van der Waals surface area (Å²) in [6.07, 6.45) is 15.4. The van der Waals surface area contributed by atoms with Crippen molar-refractivity contribution < 1.29 is 27.8 Å².